The van der Waals surface area contributed by atoms with Crippen LogP contribution in [0.3, 0.4) is 0 Å². The van der Waals surface area contributed by atoms with Crippen molar-refractivity contribution in [3.8, 4) is 0 Å². The molecule has 0 amide bonds. The van der Waals surface area contributed by atoms with E-state index in [1.165, 1.54) is 51.4 Å². The molecule has 0 spiro atoms. The topological polar surface area (TPSA) is 38.3 Å². The standard InChI is InChI=1S/C16H29NO2/c1-2-19-16(18)15-10-6-9-14(17-15)12-11-13-7-4-3-5-8-13/h13-15,17H,2-12H2,1H3. The summed E-state index contributed by atoms with van der Waals surface area (Å²) in [5.41, 5.74) is 0. The van der Waals surface area contributed by atoms with Crippen LogP contribution in [0.2, 0.25) is 0 Å². The van der Waals surface area contributed by atoms with E-state index in [0.717, 1.165) is 18.8 Å². The minimum absolute atomic E-state index is 0.0509. The second-order valence-electron chi connectivity index (χ2n) is 6.18. The Morgan fingerprint density at radius 2 is 1.84 bits per heavy atom. The lowest BCUT2D eigenvalue weighted by Crippen LogP contribution is -2.47. The maximum atomic E-state index is 11.8. The first-order valence-electron chi connectivity index (χ1n) is 8.22. The van der Waals surface area contributed by atoms with Gasteiger partial charge in [-0.25, -0.2) is 0 Å². The third kappa shape index (κ3) is 4.79. The fourth-order valence-electron chi connectivity index (χ4n) is 3.59. The van der Waals surface area contributed by atoms with Crippen molar-refractivity contribution >= 4 is 5.97 Å². The molecule has 2 atom stereocenters. The minimum Gasteiger partial charge on any atom is -0.465 e. The van der Waals surface area contributed by atoms with Gasteiger partial charge in [0.1, 0.15) is 6.04 Å². The first-order valence-corrected chi connectivity index (χ1v) is 8.22. The highest BCUT2D eigenvalue weighted by molar-refractivity contribution is 5.75. The summed E-state index contributed by atoms with van der Waals surface area (Å²) < 4.78 is 5.12. The fourth-order valence-corrected chi connectivity index (χ4v) is 3.59. The number of piperidine rings is 1. The fraction of sp³-hybridized carbons (Fsp3) is 0.938. The average molecular weight is 267 g/mol. The molecule has 2 fully saturated rings. The van der Waals surface area contributed by atoms with Gasteiger partial charge in [0.2, 0.25) is 0 Å². The monoisotopic (exact) mass is 267 g/mol. The van der Waals surface area contributed by atoms with E-state index in [2.05, 4.69) is 5.32 Å². The van der Waals surface area contributed by atoms with E-state index in [0.29, 0.717) is 12.6 Å². The van der Waals surface area contributed by atoms with Gasteiger partial charge in [0, 0.05) is 6.04 Å². The number of hydrogen-bond donors (Lipinski definition) is 1. The van der Waals surface area contributed by atoms with Crippen molar-refractivity contribution in [1.82, 2.24) is 5.32 Å². The number of nitrogens with one attached hydrogen (secondary N) is 1. The molecule has 1 aliphatic carbocycles. The second-order valence-corrected chi connectivity index (χ2v) is 6.18. The maximum absolute atomic E-state index is 11.8. The predicted octanol–water partition coefficient (Wildman–Crippen LogP) is 3.42. The van der Waals surface area contributed by atoms with Gasteiger partial charge >= 0.3 is 5.97 Å². The van der Waals surface area contributed by atoms with Gasteiger partial charge in [-0.05, 0) is 44.9 Å². The number of carbonyl (C=O) groups excluding carboxylic acids is 1. The van der Waals surface area contributed by atoms with Crippen molar-refractivity contribution in [2.24, 2.45) is 5.92 Å². The summed E-state index contributed by atoms with van der Waals surface area (Å²) in [4.78, 5) is 11.8. The predicted molar refractivity (Wildman–Crippen MR) is 77.0 cm³/mol. The highest BCUT2D eigenvalue weighted by Crippen LogP contribution is 2.29. The van der Waals surface area contributed by atoms with Crippen LogP contribution in [0.4, 0.5) is 0 Å². The molecule has 2 rings (SSSR count). The zero-order valence-corrected chi connectivity index (χ0v) is 12.3. The van der Waals surface area contributed by atoms with E-state index in [9.17, 15) is 4.79 Å². The number of ether oxygens (including phenoxy) is 1. The molecule has 1 aliphatic heterocycles. The molecule has 0 aromatic carbocycles. The zero-order valence-electron chi connectivity index (χ0n) is 12.3. The van der Waals surface area contributed by atoms with E-state index >= 15 is 0 Å². The first-order chi connectivity index (χ1) is 9.29. The lowest BCUT2D eigenvalue weighted by atomic mass is 9.84. The highest BCUT2D eigenvalue weighted by Gasteiger charge is 2.27. The average Bonchev–Trinajstić information content (AvgIpc) is 2.47. The van der Waals surface area contributed by atoms with Crippen molar-refractivity contribution in [1.29, 1.82) is 0 Å². The van der Waals surface area contributed by atoms with Gasteiger partial charge in [-0.2, -0.15) is 0 Å². The summed E-state index contributed by atoms with van der Waals surface area (Å²) in [6.07, 6.45) is 13.0. The molecule has 19 heavy (non-hydrogen) atoms. The molecule has 3 heteroatoms. The van der Waals surface area contributed by atoms with Gasteiger partial charge in [-0.3, -0.25) is 4.79 Å². The van der Waals surface area contributed by atoms with Crippen LogP contribution < -0.4 is 5.32 Å². The summed E-state index contributed by atoms with van der Waals surface area (Å²) in [6.45, 7) is 2.37. The van der Waals surface area contributed by atoms with Crippen LogP contribution in [0.15, 0.2) is 0 Å². The summed E-state index contributed by atoms with van der Waals surface area (Å²) in [5.74, 6) is 0.892. The van der Waals surface area contributed by atoms with Gasteiger partial charge in [0.15, 0.2) is 0 Å². The summed E-state index contributed by atoms with van der Waals surface area (Å²) >= 11 is 0. The molecule has 1 N–H and O–H groups in total. The second kappa shape index (κ2) is 7.88. The van der Waals surface area contributed by atoms with E-state index in [-0.39, 0.29) is 12.0 Å². The van der Waals surface area contributed by atoms with Crippen LogP contribution in [0.5, 0.6) is 0 Å². The third-order valence-corrected chi connectivity index (χ3v) is 4.70. The van der Waals surface area contributed by atoms with Gasteiger partial charge in [-0.15, -0.1) is 0 Å². The molecule has 3 nitrogen and oxygen atoms in total. The van der Waals surface area contributed by atoms with E-state index < -0.39 is 0 Å². The Balaban J connectivity index is 1.69. The Morgan fingerprint density at radius 3 is 2.58 bits per heavy atom. The quantitative estimate of drug-likeness (QED) is 0.776. The first kappa shape index (κ1) is 14.8. The van der Waals surface area contributed by atoms with Crippen molar-refractivity contribution in [3.63, 3.8) is 0 Å². The molecule has 1 saturated heterocycles. The van der Waals surface area contributed by atoms with Crippen LogP contribution in [0.1, 0.15) is 71.1 Å². The largest absolute Gasteiger partial charge is 0.465 e. The van der Waals surface area contributed by atoms with Crippen molar-refractivity contribution in [2.75, 3.05) is 6.61 Å². The Bertz CT molecular complexity index is 274. The van der Waals surface area contributed by atoms with E-state index in [4.69, 9.17) is 4.74 Å². The molecule has 0 radical (unpaired) electrons. The van der Waals surface area contributed by atoms with Crippen molar-refractivity contribution in [3.05, 3.63) is 0 Å². The molecular formula is C16H29NO2. The molecule has 0 bridgehead atoms. The summed E-state index contributed by atoms with van der Waals surface area (Å²) in [6, 6.07) is 0.482. The molecule has 1 saturated carbocycles. The summed E-state index contributed by atoms with van der Waals surface area (Å²) in [5, 5.41) is 3.50. The number of rotatable bonds is 5. The zero-order chi connectivity index (χ0) is 13.5. The molecule has 2 aliphatic rings. The normalized spacial score (nSPS) is 29.1. The third-order valence-electron chi connectivity index (χ3n) is 4.70. The van der Waals surface area contributed by atoms with E-state index in [1.54, 1.807) is 0 Å². The van der Waals surface area contributed by atoms with Crippen molar-refractivity contribution < 1.29 is 9.53 Å². The Kier molecular flexibility index (Phi) is 6.15. The Morgan fingerprint density at radius 1 is 1.05 bits per heavy atom. The molecule has 110 valence electrons. The molecular weight excluding hydrogens is 238 g/mol. The Hall–Kier alpha value is -0.570. The van der Waals surface area contributed by atoms with Gasteiger partial charge in [0.05, 0.1) is 6.61 Å². The SMILES string of the molecule is CCOC(=O)C1CCCC(CCC2CCCCC2)N1. The number of esters is 1. The molecule has 1 heterocycles. The lowest BCUT2D eigenvalue weighted by Gasteiger charge is -2.31. The molecule has 2 unspecified atom stereocenters. The van der Waals surface area contributed by atoms with Crippen LogP contribution >= 0.6 is 0 Å². The van der Waals surface area contributed by atoms with E-state index in [1.807, 2.05) is 6.92 Å². The lowest BCUT2D eigenvalue weighted by molar-refractivity contribution is -0.146. The minimum atomic E-state index is -0.0510. The Labute approximate surface area is 117 Å². The van der Waals surface area contributed by atoms with Gasteiger partial charge in [-0.1, -0.05) is 32.1 Å². The summed E-state index contributed by atoms with van der Waals surface area (Å²) in [7, 11) is 0. The van der Waals surface area contributed by atoms with Crippen LogP contribution in [-0.2, 0) is 9.53 Å². The smallest absolute Gasteiger partial charge is 0.323 e. The van der Waals surface area contributed by atoms with Crippen LogP contribution in [-0.4, -0.2) is 24.7 Å². The number of carbonyl (C=O) groups is 1. The van der Waals surface area contributed by atoms with Gasteiger partial charge < -0.3 is 10.1 Å². The highest BCUT2D eigenvalue weighted by atomic mass is 16.5. The molecule has 0 aromatic heterocycles. The van der Waals surface area contributed by atoms with Crippen LogP contribution in [0, 0.1) is 5.92 Å². The van der Waals surface area contributed by atoms with Gasteiger partial charge in [0.25, 0.3) is 0 Å². The van der Waals surface area contributed by atoms with Crippen LogP contribution in [0.25, 0.3) is 0 Å². The maximum Gasteiger partial charge on any atom is 0.323 e. The number of hydrogen-bond acceptors (Lipinski definition) is 3. The molecule has 0 aromatic rings. The van der Waals surface area contributed by atoms with Crippen molar-refractivity contribution in [2.45, 2.75) is 83.2 Å².